The Balaban J connectivity index is 1.41. The lowest BCUT2D eigenvalue weighted by Crippen LogP contribution is -2.39. The van der Waals surface area contributed by atoms with Gasteiger partial charge in [0.2, 0.25) is 0 Å². The predicted octanol–water partition coefficient (Wildman–Crippen LogP) is 4.99. The second-order valence-corrected chi connectivity index (χ2v) is 7.87. The van der Waals surface area contributed by atoms with Gasteiger partial charge in [-0.15, -0.1) is 0 Å². The molecule has 144 valence electrons. The molecule has 0 aromatic heterocycles. The number of rotatable bonds is 5. The van der Waals surface area contributed by atoms with Crippen LogP contribution in [0, 0.1) is 19.8 Å². The average molecular weight is 386 g/mol. The van der Waals surface area contributed by atoms with Gasteiger partial charge in [0.1, 0.15) is 0 Å². The van der Waals surface area contributed by atoms with E-state index in [2.05, 4.69) is 47.6 Å². The van der Waals surface area contributed by atoms with E-state index in [-0.39, 0.29) is 6.03 Å². The minimum Gasteiger partial charge on any atom is -0.338 e. The monoisotopic (exact) mass is 385 g/mol. The van der Waals surface area contributed by atoms with Gasteiger partial charge in [-0.2, -0.15) is 0 Å². The number of halogens is 1. The SMILES string of the molecule is Cc1ccc(C)c(CN2CCC(CNC(=O)Nc3ccccc3Cl)CC2)c1. The number of hydrogen-bond acceptors (Lipinski definition) is 2. The number of piperidine rings is 1. The molecule has 1 aliphatic rings. The number of anilines is 1. The number of likely N-dealkylation sites (tertiary alicyclic amines) is 1. The normalized spacial score (nSPS) is 15.5. The van der Waals surface area contributed by atoms with E-state index in [4.69, 9.17) is 11.6 Å². The van der Waals surface area contributed by atoms with Crippen molar-refractivity contribution in [2.24, 2.45) is 5.92 Å². The van der Waals surface area contributed by atoms with Crippen molar-refractivity contribution in [3.8, 4) is 0 Å². The molecule has 4 nitrogen and oxygen atoms in total. The Morgan fingerprint density at radius 2 is 1.89 bits per heavy atom. The molecule has 1 heterocycles. The summed E-state index contributed by atoms with van der Waals surface area (Å²) in [5, 5.41) is 6.34. The highest BCUT2D eigenvalue weighted by Crippen LogP contribution is 2.22. The third-order valence-corrected chi connectivity index (χ3v) is 5.61. The summed E-state index contributed by atoms with van der Waals surface area (Å²) in [6.07, 6.45) is 2.22. The van der Waals surface area contributed by atoms with E-state index in [1.807, 2.05) is 12.1 Å². The molecule has 1 fully saturated rings. The number of nitrogens with one attached hydrogen (secondary N) is 2. The molecule has 2 amide bonds. The Morgan fingerprint density at radius 3 is 2.63 bits per heavy atom. The lowest BCUT2D eigenvalue weighted by atomic mass is 9.96. The number of urea groups is 1. The molecule has 0 spiro atoms. The van der Waals surface area contributed by atoms with Crippen LogP contribution in [0.1, 0.15) is 29.5 Å². The van der Waals surface area contributed by atoms with Crippen LogP contribution >= 0.6 is 11.6 Å². The summed E-state index contributed by atoms with van der Waals surface area (Å²) in [6, 6.07) is 13.7. The van der Waals surface area contributed by atoms with Crippen molar-refractivity contribution in [2.75, 3.05) is 25.0 Å². The fraction of sp³-hybridized carbons (Fsp3) is 0.409. The maximum absolute atomic E-state index is 12.1. The summed E-state index contributed by atoms with van der Waals surface area (Å²) in [5.74, 6) is 0.525. The van der Waals surface area contributed by atoms with Crippen LogP contribution in [0.5, 0.6) is 0 Å². The lowest BCUT2D eigenvalue weighted by Gasteiger charge is -2.32. The molecule has 0 radical (unpaired) electrons. The molecule has 1 aliphatic heterocycles. The maximum atomic E-state index is 12.1. The van der Waals surface area contributed by atoms with E-state index < -0.39 is 0 Å². The van der Waals surface area contributed by atoms with E-state index in [0.717, 1.165) is 32.5 Å². The molecule has 0 aliphatic carbocycles. The summed E-state index contributed by atoms with van der Waals surface area (Å²) >= 11 is 6.07. The zero-order valence-electron chi connectivity index (χ0n) is 16.1. The number of amides is 2. The van der Waals surface area contributed by atoms with Crippen LogP contribution in [-0.4, -0.2) is 30.6 Å². The predicted molar refractivity (Wildman–Crippen MR) is 112 cm³/mol. The van der Waals surface area contributed by atoms with Crippen LogP contribution in [-0.2, 0) is 6.54 Å². The van der Waals surface area contributed by atoms with E-state index in [1.165, 1.54) is 16.7 Å². The van der Waals surface area contributed by atoms with Crippen LogP contribution in [0.15, 0.2) is 42.5 Å². The van der Waals surface area contributed by atoms with Crippen molar-refractivity contribution in [3.05, 3.63) is 64.2 Å². The number of aryl methyl sites for hydroxylation is 2. The minimum atomic E-state index is -0.194. The zero-order chi connectivity index (χ0) is 19.2. The molecule has 0 unspecified atom stereocenters. The van der Waals surface area contributed by atoms with Crippen molar-refractivity contribution in [3.63, 3.8) is 0 Å². The molecule has 2 aromatic carbocycles. The molecule has 3 rings (SSSR count). The van der Waals surface area contributed by atoms with Gasteiger partial charge in [0.15, 0.2) is 0 Å². The van der Waals surface area contributed by atoms with Crippen LogP contribution in [0.3, 0.4) is 0 Å². The summed E-state index contributed by atoms with van der Waals surface area (Å²) < 4.78 is 0. The van der Waals surface area contributed by atoms with Crippen molar-refractivity contribution in [2.45, 2.75) is 33.2 Å². The summed E-state index contributed by atoms with van der Waals surface area (Å²) in [5.41, 5.74) is 4.74. The molecule has 2 N–H and O–H groups in total. The van der Waals surface area contributed by atoms with Crippen molar-refractivity contribution >= 4 is 23.3 Å². The van der Waals surface area contributed by atoms with Gasteiger partial charge >= 0.3 is 6.03 Å². The van der Waals surface area contributed by atoms with E-state index >= 15 is 0 Å². The Kier molecular flexibility index (Phi) is 6.75. The first kappa shape index (κ1) is 19.7. The maximum Gasteiger partial charge on any atom is 0.319 e. The third-order valence-electron chi connectivity index (χ3n) is 5.28. The fourth-order valence-electron chi connectivity index (χ4n) is 3.53. The van der Waals surface area contributed by atoms with Gasteiger partial charge in [-0.25, -0.2) is 4.79 Å². The van der Waals surface area contributed by atoms with Gasteiger partial charge in [-0.3, -0.25) is 4.90 Å². The molecule has 0 bridgehead atoms. The van der Waals surface area contributed by atoms with E-state index in [0.29, 0.717) is 23.2 Å². The quantitative estimate of drug-likeness (QED) is 0.761. The smallest absolute Gasteiger partial charge is 0.319 e. The van der Waals surface area contributed by atoms with Gasteiger partial charge < -0.3 is 10.6 Å². The Bertz CT molecular complexity index is 785. The number of benzene rings is 2. The zero-order valence-corrected chi connectivity index (χ0v) is 16.9. The van der Waals surface area contributed by atoms with Gasteiger partial charge in [0.25, 0.3) is 0 Å². The number of carbonyl (C=O) groups excluding carboxylic acids is 1. The van der Waals surface area contributed by atoms with Crippen LogP contribution in [0.4, 0.5) is 10.5 Å². The standard InChI is InChI=1S/C22H28ClN3O/c1-16-7-8-17(2)19(13-16)15-26-11-9-18(10-12-26)14-24-22(27)25-21-6-4-3-5-20(21)23/h3-8,13,18H,9-12,14-15H2,1-2H3,(H2,24,25,27). The fourth-order valence-corrected chi connectivity index (χ4v) is 3.71. The van der Waals surface area contributed by atoms with E-state index in [1.54, 1.807) is 12.1 Å². The van der Waals surface area contributed by atoms with E-state index in [9.17, 15) is 4.79 Å². The van der Waals surface area contributed by atoms with Gasteiger partial charge in [-0.05, 0) is 69.0 Å². The highest BCUT2D eigenvalue weighted by atomic mass is 35.5. The molecule has 0 saturated carbocycles. The Labute approximate surface area is 166 Å². The number of nitrogens with zero attached hydrogens (tertiary/aromatic N) is 1. The molecular formula is C22H28ClN3O. The third kappa shape index (κ3) is 5.72. The number of hydrogen-bond donors (Lipinski definition) is 2. The first-order valence-electron chi connectivity index (χ1n) is 9.59. The summed E-state index contributed by atoms with van der Waals surface area (Å²) in [4.78, 5) is 14.6. The van der Waals surface area contributed by atoms with Gasteiger partial charge in [-0.1, -0.05) is 47.5 Å². The topological polar surface area (TPSA) is 44.4 Å². The second-order valence-electron chi connectivity index (χ2n) is 7.46. The van der Waals surface area contributed by atoms with Gasteiger partial charge in [0.05, 0.1) is 10.7 Å². The summed E-state index contributed by atoms with van der Waals surface area (Å²) in [7, 11) is 0. The average Bonchev–Trinajstić information content (AvgIpc) is 2.66. The highest BCUT2D eigenvalue weighted by Gasteiger charge is 2.20. The first-order valence-corrected chi connectivity index (χ1v) is 9.97. The van der Waals surface area contributed by atoms with Crippen LogP contribution in [0.25, 0.3) is 0 Å². The molecule has 0 atom stereocenters. The molecule has 1 saturated heterocycles. The number of carbonyl (C=O) groups is 1. The molecule has 2 aromatic rings. The number of para-hydroxylation sites is 1. The van der Waals surface area contributed by atoms with Gasteiger partial charge in [0, 0.05) is 13.1 Å². The van der Waals surface area contributed by atoms with Crippen LogP contribution in [0.2, 0.25) is 5.02 Å². The Morgan fingerprint density at radius 1 is 1.15 bits per heavy atom. The summed E-state index contributed by atoms with van der Waals surface area (Å²) in [6.45, 7) is 8.20. The molecule has 5 heteroatoms. The largest absolute Gasteiger partial charge is 0.338 e. The molecular weight excluding hydrogens is 358 g/mol. The molecule has 27 heavy (non-hydrogen) atoms. The van der Waals surface area contributed by atoms with Crippen molar-refractivity contribution in [1.29, 1.82) is 0 Å². The minimum absolute atomic E-state index is 0.194. The Hall–Kier alpha value is -2.04. The second kappa shape index (κ2) is 9.25. The highest BCUT2D eigenvalue weighted by molar-refractivity contribution is 6.33. The van der Waals surface area contributed by atoms with Crippen LogP contribution < -0.4 is 10.6 Å². The van der Waals surface area contributed by atoms with Crippen molar-refractivity contribution < 1.29 is 4.79 Å². The first-order chi connectivity index (χ1) is 13.0. The lowest BCUT2D eigenvalue weighted by molar-refractivity contribution is 0.175. The van der Waals surface area contributed by atoms with Crippen molar-refractivity contribution in [1.82, 2.24) is 10.2 Å².